The number of terminal acetylenes is 1. The van der Waals surface area contributed by atoms with Crippen molar-refractivity contribution in [1.29, 1.82) is 0 Å². The number of rotatable bonds is 5. The molecule has 0 aliphatic carbocycles. The molecule has 0 fully saturated rings. The van der Waals surface area contributed by atoms with Crippen molar-refractivity contribution in [1.82, 2.24) is 9.55 Å². The summed E-state index contributed by atoms with van der Waals surface area (Å²) in [7, 11) is 0. The van der Waals surface area contributed by atoms with Crippen LogP contribution in [0.15, 0.2) is 21.9 Å². The largest absolute Gasteiger partial charge is 0.392 e. The number of hydrogen-bond acceptors (Lipinski definition) is 6. The number of nitrogens with one attached hydrogen (secondary N) is 1. The van der Waals surface area contributed by atoms with Crippen LogP contribution >= 0.6 is 0 Å². The highest BCUT2D eigenvalue weighted by Crippen LogP contribution is 2.16. The van der Waals surface area contributed by atoms with Crippen LogP contribution in [0.5, 0.6) is 0 Å². The van der Waals surface area contributed by atoms with Gasteiger partial charge in [0.2, 0.25) is 0 Å². The lowest BCUT2D eigenvalue weighted by molar-refractivity contribution is -0.175. The van der Waals surface area contributed by atoms with Crippen LogP contribution in [0.25, 0.3) is 0 Å². The number of aliphatic hydroxyl groups excluding tert-OH is 2. The van der Waals surface area contributed by atoms with E-state index in [9.17, 15) is 14.7 Å². The third kappa shape index (κ3) is 3.30. The third-order valence-electron chi connectivity index (χ3n) is 2.50. The molecule has 0 saturated carbocycles. The van der Waals surface area contributed by atoms with Gasteiger partial charge in [-0.2, -0.15) is 0 Å². The van der Waals surface area contributed by atoms with Gasteiger partial charge in [-0.25, -0.2) is 4.79 Å². The topological polar surface area (TPSA) is 131 Å². The molecule has 0 aliphatic heterocycles. The maximum Gasteiger partial charge on any atom is 0.330 e. The molecule has 1 heterocycles. The molecule has 1 rings (SSSR count). The van der Waals surface area contributed by atoms with Crippen molar-refractivity contribution in [2.24, 2.45) is 5.73 Å². The molecule has 1 aromatic rings. The Morgan fingerprint density at radius 2 is 2.32 bits per heavy atom. The molecular weight excluding hydrogens is 254 g/mol. The first-order valence-electron chi connectivity index (χ1n) is 5.37. The van der Waals surface area contributed by atoms with Gasteiger partial charge in [0.15, 0.2) is 11.8 Å². The average molecular weight is 269 g/mol. The molecule has 0 aromatic carbocycles. The molecule has 104 valence electrons. The molecule has 0 unspecified atom stereocenters. The SMILES string of the molecule is C#C[C@H](O)[C@@](N)(CO)O[C@H](C)n1ccc(=O)[nH]c1=O. The molecule has 0 aliphatic rings. The van der Waals surface area contributed by atoms with E-state index in [1.807, 2.05) is 10.9 Å². The van der Waals surface area contributed by atoms with Crippen LogP contribution in [-0.4, -0.2) is 38.2 Å². The number of aromatic amines is 1. The molecule has 0 bridgehead atoms. The van der Waals surface area contributed by atoms with Gasteiger partial charge in [-0.3, -0.25) is 20.1 Å². The van der Waals surface area contributed by atoms with Gasteiger partial charge < -0.3 is 14.9 Å². The Balaban J connectivity index is 3.02. The predicted molar refractivity (Wildman–Crippen MR) is 66.0 cm³/mol. The Labute approximate surface area is 108 Å². The van der Waals surface area contributed by atoms with Crippen molar-refractivity contribution in [3.05, 3.63) is 33.1 Å². The number of aromatic nitrogens is 2. The monoisotopic (exact) mass is 269 g/mol. The second kappa shape index (κ2) is 5.81. The van der Waals surface area contributed by atoms with Gasteiger partial charge in [0, 0.05) is 12.3 Å². The Morgan fingerprint density at radius 3 is 2.79 bits per heavy atom. The van der Waals surface area contributed by atoms with Crippen LogP contribution in [0.2, 0.25) is 0 Å². The van der Waals surface area contributed by atoms with E-state index in [0.717, 1.165) is 10.6 Å². The summed E-state index contributed by atoms with van der Waals surface area (Å²) in [6, 6.07) is 1.12. The minimum atomic E-state index is -1.91. The van der Waals surface area contributed by atoms with Crippen molar-refractivity contribution in [2.75, 3.05) is 6.61 Å². The van der Waals surface area contributed by atoms with E-state index in [1.54, 1.807) is 0 Å². The first-order chi connectivity index (χ1) is 8.84. The lowest BCUT2D eigenvalue weighted by Crippen LogP contribution is -2.57. The summed E-state index contributed by atoms with van der Waals surface area (Å²) < 4.78 is 6.25. The van der Waals surface area contributed by atoms with Crippen LogP contribution in [0.1, 0.15) is 13.2 Å². The van der Waals surface area contributed by atoms with Crippen LogP contribution in [-0.2, 0) is 4.74 Å². The molecule has 0 saturated heterocycles. The Hall–Kier alpha value is -1.92. The molecule has 0 amide bonds. The summed E-state index contributed by atoms with van der Waals surface area (Å²) in [6.07, 6.45) is 3.70. The number of nitrogens with zero attached hydrogens (tertiary/aromatic N) is 1. The van der Waals surface area contributed by atoms with Crippen molar-refractivity contribution in [2.45, 2.75) is 25.0 Å². The molecule has 0 radical (unpaired) electrons. The second-order valence-corrected chi connectivity index (χ2v) is 3.92. The van der Waals surface area contributed by atoms with Crippen LogP contribution < -0.4 is 17.0 Å². The van der Waals surface area contributed by atoms with Gasteiger partial charge in [0.05, 0.1) is 6.61 Å². The number of H-pyrrole nitrogens is 1. The van der Waals surface area contributed by atoms with Gasteiger partial charge in [-0.1, -0.05) is 5.92 Å². The molecule has 5 N–H and O–H groups in total. The Morgan fingerprint density at radius 1 is 1.68 bits per heavy atom. The van der Waals surface area contributed by atoms with Crippen molar-refractivity contribution in [3.8, 4) is 12.3 Å². The molecular formula is C11H15N3O5. The summed E-state index contributed by atoms with van der Waals surface area (Å²) in [5.74, 6) is 1.94. The molecule has 0 spiro atoms. The van der Waals surface area contributed by atoms with Gasteiger partial charge >= 0.3 is 5.69 Å². The maximum atomic E-state index is 11.5. The smallest absolute Gasteiger partial charge is 0.330 e. The van der Waals surface area contributed by atoms with E-state index < -0.39 is 35.9 Å². The minimum absolute atomic E-state index is 0.557. The number of aliphatic hydroxyl groups is 2. The standard InChI is InChI=1S/C11H15N3O5/c1-3-8(16)11(12,6-15)19-7(2)14-5-4-9(17)13-10(14)18/h1,4-5,7-8,15-16H,6,12H2,2H3,(H,13,17,18)/t7-,8+,11-/m1/s1. The molecule has 3 atom stereocenters. The molecule has 8 nitrogen and oxygen atoms in total. The highest BCUT2D eigenvalue weighted by Gasteiger charge is 2.35. The van der Waals surface area contributed by atoms with E-state index >= 15 is 0 Å². The van der Waals surface area contributed by atoms with E-state index in [4.69, 9.17) is 22.0 Å². The van der Waals surface area contributed by atoms with Crippen molar-refractivity contribution in [3.63, 3.8) is 0 Å². The molecule has 8 heteroatoms. The first kappa shape index (κ1) is 15.1. The van der Waals surface area contributed by atoms with Gasteiger partial charge in [0.1, 0.15) is 6.23 Å². The highest BCUT2D eigenvalue weighted by molar-refractivity contribution is 5.03. The van der Waals surface area contributed by atoms with Crippen LogP contribution in [0, 0.1) is 12.3 Å². The summed E-state index contributed by atoms with van der Waals surface area (Å²) in [6.45, 7) is 0.695. The van der Waals surface area contributed by atoms with Crippen LogP contribution in [0.3, 0.4) is 0 Å². The summed E-state index contributed by atoms with van der Waals surface area (Å²) in [4.78, 5) is 24.5. The molecule has 19 heavy (non-hydrogen) atoms. The second-order valence-electron chi connectivity index (χ2n) is 3.92. The van der Waals surface area contributed by atoms with Crippen LogP contribution in [0.4, 0.5) is 0 Å². The quantitative estimate of drug-likeness (QED) is 0.351. The summed E-state index contributed by atoms with van der Waals surface area (Å²) >= 11 is 0. The van der Waals surface area contributed by atoms with Gasteiger partial charge in [-0.05, 0) is 6.92 Å². The number of ether oxygens (including phenoxy) is 1. The number of hydrogen-bond donors (Lipinski definition) is 4. The third-order valence-corrected chi connectivity index (χ3v) is 2.50. The van der Waals surface area contributed by atoms with Crippen molar-refractivity contribution >= 4 is 0 Å². The Kier molecular flexibility index (Phi) is 4.63. The minimum Gasteiger partial charge on any atom is -0.392 e. The molecule has 1 aromatic heterocycles. The first-order valence-corrected chi connectivity index (χ1v) is 5.37. The highest BCUT2D eigenvalue weighted by atomic mass is 16.6. The summed E-state index contributed by atoms with van der Waals surface area (Å²) in [5.41, 5.74) is 2.43. The normalized spacial score (nSPS) is 17.2. The average Bonchev–Trinajstić information content (AvgIpc) is 2.37. The fourth-order valence-corrected chi connectivity index (χ4v) is 1.42. The lowest BCUT2D eigenvalue weighted by atomic mass is 10.1. The lowest BCUT2D eigenvalue weighted by Gasteiger charge is -2.32. The number of nitrogens with two attached hydrogens (primary N) is 1. The fraction of sp³-hybridized carbons (Fsp3) is 0.455. The van der Waals surface area contributed by atoms with E-state index in [1.165, 1.54) is 13.1 Å². The fourth-order valence-electron chi connectivity index (χ4n) is 1.42. The van der Waals surface area contributed by atoms with E-state index in [-0.39, 0.29) is 0 Å². The zero-order valence-electron chi connectivity index (χ0n) is 10.2. The summed E-state index contributed by atoms with van der Waals surface area (Å²) in [5, 5.41) is 18.6. The van der Waals surface area contributed by atoms with Crippen molar-refractivity contribution < 1.29 is 14.9 Å². The Bertz CT molecular complexity index is 587. The van der Waals surface area contributed by atoms with Gasteiger partial charge in [0.25, 0.3) is 5.56 Å². The predicted octanol–water partition coefficient (Wildman–Crippen LogP) is -2.29. The zero-order chi connectivity index (χ0) is 14.6. The van der Waals surface area contributed by atoms with Gasteiger partial charge in [-0.15, -0.1) is 6.42 Å². The van der Waals surface area contributed by atoms with E-state index in [0.29, 0.717) is 0 Å². The van der Waals surface area contributed by atoms with E-state index in [2.05, 4.69) is 0 Å². The zero-order valence-corrected chi connectivity index (χ0v) is 10.2. The maximum absolute atomic E-state index is 11.5.